The summed E-state index contributed by atoms with van der Waals surface area (Å²) in [5.74, 6) is -1.56. The summed E-state index contributed by atoms with van der Waals surface area (Å²) in [6.07, 6.45) is -2.86. The minimum Gasteiger partial charge on any atom is -0.346 e. The number of hydrogen-bond acceptors (Lipinski definition) is 5. The fourth-order valence-electron chi connectivity index (χ4n) is 3.24. The van der Waals surface area contributed by atoms with Gasteiger partial charge in [0, 0.05) is 35.8 Å². The number of alkyl halides is 3. The molecule has 0 unspecified atom stereocenters. The van der Waals surface area contributed by atoms with Crippen molar-refractivity contribution in [1.29, 1.82) is 0 Å². The van der Waals surface area contributed by atoms with Crippen LogP contribution in [-0.2, 0) is 22.7 Å². The first-order chi connectivity index (χ1) is 14.6. The van der Waals surface area contributed by atoms with E-state index in [0.717, 1.165) is 16.5 Å². The van der Waals surface area contributed by atoms with Crippen molar-refractivity contribution < 1.29 is 26.1 Å². The van der Waals surface area contributed by atoms with E-state index in [9.17, 15) is 21.6 Å². The van der Waals surface area contributed by atoms with Crippen molar-refractivity contribution in [2.45, 2.75) is 24.5 Å². The molecular formula is C20H17F3N4O3S. The van der Waals surface area contributed by atoms with Crippen molar-refractivity contribution in [2.24, 2.45) is 0 Å². The van der Waals surface area contributed by atoms with Crippen molar-refractivity contribution in [2.75, 3.05) is 6.54 Å². The van der Waals surface area contributed by atoms with Gasteiger partial charge in [-0.1, -0.05) is 23.4 Å². The number of hydrogen-bond donors (Lipinski definition) is 1. The van der Waals surface area contributed by atoms with Crippen LogP contribution < -0.4 is 4.72 Å². The van der Waals surface area contributed by atoms with Gasteiger partial charge in [0.1, 0.15) is 0 Å². The molecule has 1 N–H and O–H groups in total. The largest absolute Gasteiger partial charge is 0.471 e. The average Bonchev–Trinajstić information content (AvgIpc) is 3.34. The van der Waals surface area contributed by atoms with Gasteiger partial charge in [0.05, 0.1) is 4.90 Å². The minimum atomic E-state index is -4.71. The Bertz CT molecular complexity index is 1330. The highest BCUT2D eigenvalue weighted by Crippen LogP contribution is 2.31. The van der Waals surface area contributed by atoms with Gasteiger partial charge in [-0.15, -0.1) is 0 Å². The van der Waals surface area contributed by atoms with Gasteiger partial charge >= 0.3 is 12.1 Å². The van der Waals surface area contributed by atoms with E-state index >= 15 is 0 Å². The first kappa shape index (κ1) is 21.1. The molecule has 0 fully saturated rings. The number of benzene rings is 2. The second-order valence-electron chi connectivity index (χ2n) is 6.87. The summed E-state index contributed by atoms with van der Waals surface area (Å²) >= 11 is 0. The number of rotatable bonds is 6. The number of aromatic nitrogens is 3. The number of nitrogens with zero attached hydrogens (tertiary/aromatic N) is 3. The molecule has 0 saturated carbocycles. The number of sulfonamides is 1. The van der Waals surface area contributed by atoms with E-state index in [1.807, 2.05) is 17.7 Å². The van der Waals surface area contributed by atoms with E-state index in [-0.39, 0.29) is 17.3 Å². The topological polar surface area (TPSA) is 90.0 Å². The summed E-state index contributed by atoms with van der Waals surface area (Å²) in [4.78, 5) is 3.60. The van der Waals surface area contributed by atoms with Gasteiger partial charge in [-0.05, 0) is 42.8 Å². The molecule has 31 heavy (non-hydrogen) atoms. The van der Waals surface area contributed by atoms with Gasteiger partial charge in [0.25, 0.3) is 0 Å². The standard InChI is InChI=1S/C20H17F3N4O3S/c1-13-12-27(10-9-24-31(28,29)15-5-3-2-4-6-15)17-8-7-14(11-16(13)17)18-25-19(30-26-18)20(21,22)23/h2-8,11-12,24H,9-10H2,1H3. The molecule has 4 rings (SSSR count). The van der Waals surface area contributed by atoms with Gasteiger partial charge in [-0.2, -0.15) is 18.2 Å². The Balaban J connectivity index is 1.53. The number of halogens is 3. The lowest BCUT2D eigenvalue weighted by Crippen LogP contribution is -2.27. The Morgan fingerprint density at radius 3 is 2.55 bits per heavy atom. The summed E-state index contributed by atoms with van der Waals surface area (Å²) in [5, 5.41) is 4.21. The Hall–Kier alpha value is -3.18. The van der Waals surface area contributed by atoms with E-state index in [1.54, 1.807) is 36.4 Å². The molecule has 2 aromatic carbocycles. The normalized spacial score (nSPS) is 12.5. The van der Waals surface area contributed by atoms with Crippen molar-refractivity contribution in [1.82, 2.24) is 19.4 Å². The molecular weight excluding hydrogens is 433 g/mol. The van der Waals surface area contributed by atoms with Crippen LogP contribution in [0.15, 0.2) is 64.1 Å². The van der Waals surface area contributed by atoms with E-state index in [4.69, 9.17) is 0 Å². The van der Waals surface area contributed by atoms with Crippen molar-refractivity contribution in [3.63, 3.8) is 0 Å². The smallest absolute Gasteiger partial charge is 0.346 e. The fourth-order valence-corrected chi connectivity index (χ4v) is 4.28. The predicted octanol–water partition coefficient (Wildman–Crippen LogP) is 4.00. The molecule has 0 radical (unpaired) electrons. The third kappa shape index (κ3) is 4.32. The molecule has 7 nitrogen and oxygen atoms in total. The van der Waals surface area contributed by atoms with Crippen molar-refractivity contribution in [3.8, 4) is 11.4 Å². The lowest BCUT2D eigenvalue weighted by molar-refractivity contribution is -0.159. The zero-order valence-corrected chi connectivity index (χ0v) is 17.0. The predicted molar refractivity (Wildman–Crippen MR) is 107 cm³/mol. The van der Waals surface area contributed by atoms with Crippen molar-refractivity contribution >= 4 is 20.9 Å². The lowest BCUT2D eigenvalue weighted by atomic mass is 10.1. The van der Waals surface area contributed by atoms with Crippen molar-refractivity contribution in [3.05, 3.63) is 66.2 Å². The quantitative estimate of drug-likeness (QED) is 0.480. The van der Waals surface area contributed by atoms with E-state index < -0.39 is 22.1 Å². The maximum absolute atomic E-state index is 12.7. The average molecular weight is 450 g/mol. The van der Waals surface area contributed by atoms with Gasteiger partial charge in [0.15, 0.2) is 0 Å². The van der Waals surface area contributed by atoms with Crippen LogP contribution in [0, 0.1) is 6.92 Å². The van der Waals surface area contributed by atoms with Crippen LogP contribution in [0.5, 0.6) is 0 Å². The summed E-state index contributed by atoms with van der Waals surface area (Å²) in [6.45, 7) is 2.40. The zero-order valence-electron chi connectivity index (χ0n) is 16.2. The molecule has 0 aliphatic carbocycles. The van der Waals surface area contributed by atoms with Gasteiger partial charge < -0.3 is 9.09 Å². The molecule has 4 aromatic rings. The van der Waals surface area contributed by atoms with Crippen LogP contribution >= 0.6 is 0 Å². The Labute approximate surface area is 175 Å². The molecule has 0 aliphatic rings. The third-order valence-corrected chi connectivity index (χ3v) is 6.18. The van der Waals surface area contributed by atoms with Gasteiger partial charge in [-0.25, -0.2) is 13.1 Å². The number of aryl methyl sites for hydroxylation is 1. The number of fused-ring (bicyclic) bond motifs is 1. The summed E-state index contributed by atoms with van der Waals surface area (Å²) in [7, 11) is -3.61. The molecule has 0 amide bonds. The van der Waals surface area contributed by atoms with Gasteiger partial charge in [-0.3, -0.25) is 0 Å². The highest BCUT2D eigenvalue weighted by Gasteiger charge is 2.38. The number of nitrogens with one attached hydrogen (secondary N) is 1. The van der Waals surface area contributed by atoms with Gasteiger partial charge in [0.2, 0.25) is 15.8 Å². The Morgan fingerprint density at radius 2 is 1.87 bits per heavy atom. The second-order valence-corrected chi connectivity index (χ2v) is 8.64. The molecule has 0 aliphatic heterocycles. The third-order valence-electron chi connectivity index (χ3n) is 4.71. The monoisotopic (exact) mass is 450 g/mol. The zero-order chi connectivity index (χ0) is 22.2. The van der Waals surface area contributed by atoms with Crippen LogP contribution in [0.1, 0.15) is 11.5 Å². The molecule has 0 atom stereocenters. The van der Waals surface area contributed by atoms with Crippen LogP contribution in [0.25, 0.3) is 22.3 Å². The molecule has 0 spiro atoms. The SMILES string of the molecule is Cc1cn(CCNS(=O)(=O)c2ccccc2)c2ccc(-c3noc(C(F)(F)F)n3)cc12. The van der Waals surface area contributed by atoms with Crippen LogP contribution in [0.3, 0.4) is 0 Å². The maximum atomic E-state index is 12.7. The molecule has 0 bridgehead atoms. The van der Waals surface area contributed by atoms with Crippen LogP contribution in [-0.4, -0.2) is 29.7 Å². The van der Waals surface area contributed by atoms with E-state index in [2.05, 4.69) is 19.4 Å². The second kappa shape index (κ2) is 7.82. The lowest BCUT2D eigenvalue weighted by Gasteiger charge is -2.09. The molecule has 162 valence electrons. The molecule has 2 aromatic heterocycles. The van der Waals surface area contributed by atoms with E-state index in [1.165, 1.54) is 12.1 Å². The highest BCUT2D eigenvalue weighted by atomic mass is 32.2. The van der Waals surface area contributed by atoms with E-state index in [0.29, 0.717) is 12.1 Å². The van der Waals surface area contributed by atoms with Crippen LogP contribution in [0.4, 0.5) is 13.2 Å². The fraction of sp³-hybridized carbons (Fsp3) is 0.200. The minimum absolute atomic E-state index is 0.156. The first-order valence-corrected chi connectivity index (χ1v) is 10.7. The first-order valence-electron chi connectivity index (χ1n) is 9.21. The summed E-state index contributed by atoms with van der Waals surface area (Å²) in [6, 6.07) is 13.1. The summed E-state index contributed by atoms with van der Waals surface area (Å²) < 4.78 is 71.5. The molecule has 2 heterocycles. The maximum Gasteiger partial charge on any atom is 0.471 e. The highest BCUT2D eigenvalue weighted by molar-refractivity contribution is 7.89. The Morgan fingerprint density at radius 1 is 1.13 bits per heavy atom. The Kier molecular flexibility index (Phi) is 5.31. The summed E-state index contributed by atoms with van der Waals surface area (Å²) in [5.41, 5.74) is 2.07. The molecule has 0 saturated heterocycles. The van der Waals surface area contributed by atoms with Crippen LogP contribution in [0.2, 0.25) is 0 Å². The molecule has 11 heteroatoms.